The van der Waals surface area contributed by atoms with Gasteiger partial charge in [0.25, 0.3) is 0 Å². The molecule has 1 aliphatic rings. The number of fused-ring (bicyclic) bond motifs is 3. The summed E-state index contributed by atoms with van der Waals surface area (Å²) in [6.45, 7) is 3.22. The van der Waals surface area contributed by atoms with Crippen LogP contribution in [-0.2, 0) is 0 Å². The highest BCUT2D eigenvalue weighted by Gasteiger charge is 2.38. The van der Waals surface area contributed by atoms with Crippen molar-refractivity contribution in [2.45, 2.75) is 19.3 Å². The van der Waals surface area contributed by atoms with E-state index in [9.17, 15) is 9.90 Å². The zero-order valence-electron chi connectivity index (χ0n) is 14.3. The van der Waals surface area contributed by atoms with E-state index in [0.717, 1.165) is 23.4 Å². The second-order valence-electron chi connectivity index (χ2n) is 6.05. The molecule has 4 heterocycles. The first-order valence-electron chi connectivity index (χ1n) is 8.32. The minimum atomic E-state index is -0.872. The molecular formula is C16H20N8O2. The van der Waals surface area contributed by atoms with Crippen molar-refractivity contribution in [1.29, 1.82) is 5.26 Å². The molecule has 4 N–H and O–H groups in total. The number of rotatable bonds is 2. The van der Waals surface area contributed by atoms with Gasteiger partial charge in [0.05, 0.1) is 24.3 Å². The highest BCUT2D eigenvalue weighted by atomic mass is 16.4. The van der Waals surface area contributed by atoms with E-state index in [1.54, 1.807) is 12.3 Å². The molecule has 0 bridgehead atoms. The first-order chi connectivity index (χ1) is 12.6. The lowest BCUT2D eigenvalue weighted by Crippen LogP contribution is -2.26. The van der Waals surface area contributed by atoms with E-state index in [1.807, 2.05) is 16.7 Å². The number of nitrogens with zero attached hydrogens (tertiary/aromatic N) is 6. The number of nitrogens with two attached hydrogens (primary N) is 1. The molecule has 1 amide bonds. The second kappa shape index (κ2) is 7.37. The Kier molecular flexibility index (Phi) is 4.99. The van der Waals surface area contributed by atoms with Crippen molar-refractivity contribution in [2.24, 2.45) is 11.7 Å². The van der Waals surface area contributed by atoms with Gasteiger partial charge in [-0.2, -0.15) is 5.26 Å². The molecule has 1 aliphatic heterocycles. The molecule has 0 spiro atoms. The van der Waals surface area contributed by atoms with Crippen LogP contribution in [0.3, 0.4) is 0 Å². The summed E-state index contributed by atoms with van der Waals surface area (Å²) in [4.78, 5) is 20.1. The van der Waals surface area contributed by atoms with Crippen LogP contribution in [0.2, 0.25) is 0 Å². The standard InChI is InChI=1S/C14H16N6O2.C2H4N2/c1-2-8-6-19(14(21)22)7-9(8)13-18-17-11-5-16-12-10(20(11)13)3-4-15-12;3-1-2-4/h3-5,8-9,15H,2,6-7H2,1H3,(H,21,22);1,3H2/t8-,9+;/m0./s1. The molecule has 0 radical (unpaired) electrons. The van der Waals surface area contributed by atoms with Crippen LogP contribution in [0.1, 0.15) is 25.1 Å². The molecule has 0 aliphatic carbocycles. The summed E-state index contributed by atoms with van der Waals surface area (Å²) in [5.41, 5.74) is 7.04. The van der Waals surface area contributed by atoms with Crippen LogP contribution in [-0.4, -0.2) is 60.3 Å². The number of H-pyrrole nitrogens is 1. The highest BCUT2D eigenvalue weighted by Crippen LogP contribution is 2.34. The number of hydrogen-bond acceptors (Lipinski definition) is 6. The van der Waals surface area contributed by atoms with Crippen molar-refractivity contribution in [1.82, 2.24) is 29.5 Å². The molecule has 2 atom stereocenters. The van der Waals surface area contributed by atoms with E-state index < -0.39 is 6.09 Å². The molecule has 0 saturated carbocycles. The van der Waals surface area contributed by atoms with Crippen LogP contribution in [0.25, 0.3) is 16.8 Å². The molecule has 3 aromatic heterocycles. The Morgan fingerprint density at radius 1 is 1.50 bits per heavy atom. The topological polar surface area (TPSA) is 149 Å². The number of carbonyl (C=O) groups is 1. The fraction of sp³-hybridized carbons (Fsp3) is 0.438. The Morgan fingerprint density at radius 3 is 2.92 bits per heavy atom. The molecule has 3 aromatic rings. The van der Waals surface area contributed by atoms with Crippen LogP contribution >= 0.6 is 0 Å². The predicted molar refractivity (Wildman–Crippen MR) is 93.4 cm³/mol. The van der Waals surface area contributed by atoms with Gasteiger partial charge in [-0.1, -0.05) is 13.3 Å². The minimum Gasteiger partial charge on any atom is -0.465 e. The average Bonchev–Trinajstić information content (AvgIpc) is 3.36. The maximum Gasteiger partial charge on any atom is 0.407 e. The third-order valence-corrected chi connectivity index (χ3v) is 4.63. The summed E-state index contributed by atoms with van der Waals surface area (Å²) in [7, 11) is 0. The molecule has 0 aromatic carbocycles. The van der Waals surface area contributed by atoms with Gasteiger partial charge in [0, 0.05) is 25.2 Å². The molecule has 26 heavy (non-hydrogen) atoms. The van der Waals surface area contributed by atoms with E-state index in [1.165, 1.54) is 4.90 Å². The zero-order valence-corrected chi connectivity index (χ0v) is 14.3. The highest BCUT2D eigenvalue weighted by molar-refractivity contribution is 5.74. The normalized spacial score (nSPS) is 19.3. The lowest BCUT2D eigenvalue weighted by molar-refractivity contribution is 0.153. The monoisotopic (exact) mass is 356 g/mol. The van der Waals surface area contributed by atoms with Gasteiger partial charge in [0.2, 0.25) is 0 Å². The molecule has 10 nitrogen and oxygen atoms in total. The summed E-state index contributed by atoms with van der Waals surface area (Å²) in [5.74, 6) is 1.12. The van der Waals surface area contributed by atoms with E-state index in [4.69, 9.17) is 5.26 Å². The number of amides is 1. The number of likely N-dealkylation sites (tertiary alicyclic amines) is 1. The Balaban J connectivity index is 0.000000447. The van der Waals surface area contributed by atoms with E-state index in [0.29, 0.717) is 18.7 Å². The summed E-state index contributed by atoms with van der Waals surface area (Å²) in [6.07, 6.45) is 3.55. The molecule has 10 heteroatoms. The number of carboxylic acid groups (broad SMARTS) is 1. The van der Waals surface area contributed by atoms with Crippen LogP contribution < -0.4 is 5.73 Å². The third-order valence-electron chi connectivity index (χ3n) is 4.63. The number of hydrogen-bond donors (Lipinski definition) is 3. The lowest BCUT2D eigenvalue weighted by Gasteiger charge is -2.14. The average molecular weight is 356 g/mol. The Labute approximate surface area is 149 Å². The third kappa shape index (κ3) is 3.04. The Morgan fingerprint density at radius 2 is 2.27 bits per heavy atom. The molecular weight excluding hydrogens is 336 g/mol. The fourth-order valence-corrected chi connectivity index (χ4v) is 3.37. The fourth-order valence-electron chi connectivity index (χ4n) is 3.37. The van der Waals surface area contributed by atoms with Crippen LogP contribution in [0.4, 0.5) is 4.79 Å². The number of nitrogens with one attached hydrogen (secondary N) is 1. The summed E-state index contributed by atoms with van der Waals surface area (Å²) in [6, 6.07) is 3.65. The van der Waals surface area contributed by atoms with E-state index >= 15 is 0 Å². The summed E-state index contributed by atoms with van der Waals surface area (Å²) >= 11 is 0. The van der Waals surface area contributed by atoms with Crippen molar-refractivity contribution in [3.63, 3.8) is 0 Å². The number of aromatic nitrogens is 5. The first-order valence-corrected chi connectivity index (χ1v) is 8.32. The summed E-state index contributed by atoms with van der Waals surface area (Å²) in [5, 5.41) is 25.3. The number of nitriles is 1. The van der Waals surface area contributed by atoms with Crippen molar-refractivity contribution >= 4 is 22.9 Å². The van der Waals surface area contributed by atoms with Gasteiger partial charge in [0.1, 0.15) is 5.82 Å². The SMILES string of the molecule is CC[C@H]1CN(C(=O)O)C[C@H]1c1nnc2cnc3[nH]ccc3n12.N#CCN. The molecule has 1 saturated heterocycles. The van der Waals surface area contributed by atoms with Gasteiger partial charge in [0.15, 0.2) is 11.3 Å². The largest absolute Gasteiger partial charge is 0.465 e. The smallest absolute Gasteiger partial charge is 0.407 e. The van der Waals surface area contributed by atoms with E-state index in [2.05, 4.69) is 32.8 Å². The van der Waals surface area contributed by atoms with Gasteiger partial charge < -0.3 is 20.7 Å². The lowest BCUT2D eigenvalue weighted by atomic mass is 9.93. The van der Waals surface area contributed by atoms with Gasteiger partial charge in [-0.15, -0.1) is 10.2 Å². The summed E-state index contributed by atoms with van der Waals surface area (Å²) < 4.78 is 1.98. The predicted octanol–water partition coefficient (Wildman–Crippen LogP) is 1.18. The minimum absolute atomic E-state index is 0.0524. The maximum absolute atomic E-state index is 11.3. The van der Waals surface area contributed by atoms with Crippen LogP contribution in [0.15, 0.2) is 18.5 Å². The van der Waals surface area contributed by atoms with Crippen LogP contribution in [0.5, 0.6) is 0 Å². The molecule has 136 valence electrons. The Bertz CT molecular complexity index is 956. The Hall–Kier alpha value is -3.19. The van der Waals surface area contributed by atoms with Gasteiger partial charge in [-0.3, -0.25) is 4.40 Å². The van der Waals surface area contributed by atoms with Gasteiger partial charge >= 0.3 is 6.09 Å². The van der Waals surface area contributed by atoms with Crippen LogP contribution in [0, 0.1) is 17.2 Å². The van der Waals surface area contributed by atoms with Crippen molar-refractivity contribution < 1.29 is 9.90 Å². The second-order valence-corrected chi connectivity index (χ2v) is 6.05. The number of aromatic amines is 1. The van der Waals surface area contributed by atoms with Gasteiger partial charge in [-0.05, 0) is 12.0 Å². The quantitative estimate of drug-likeness (QED) is 0.583. The van der Waals surface area contributed by atoms with Crippen molar-refractivity contribution in [3.8, 4) is 6.07 Å². The van der Waals surface area contributed by atoms with E-state index in [-0.39, 0.29) is 18.4 Å². The van der Waals surface area contributed by atoms with Gasteiger partial charge in [-0.25, -0.2) is 9.78 Å². The van der Waals surface area contributed by atoms with Crippen molar-refractivity contribution in [3.05, 3.63) is 24.3 Å². The molecule has 4 rings (SSSR count). The molecule has 1 fully saturated rings. The zero-order chi connectivity index (χ0) is 18.7. The maximum atomic E-state index is 11.3. The van der Waals surface area contributed by atoms with Crippen molar-refractivity contribution in [2.75, 3.05) is 19.6 Å². The molecule has 0 unspecified atom stereocenters. The first kappa shape index (κ1) is 17.6.